The molecule has 1 aliphatic heterocycles. The van der Waals surface area contributed by atoms with Crippen LogP contribution in [0.3, 0.4) is 0 Å². The van der Waals surface area contributed by atoms with E-state index in [0.29, 0.717) is 12.8 Å². The van der Waals surface area contributed by atoms with Gasteiger partial charge in [0.15, 0.2) is 0 Å². The van der Waals surface area contributed by atoms with E-state index in [0.717, 1.165) is 5.56 Å². The van der Waals surface area contributed by atoms with Gasteiger partial charge in [-0.3, -0.25) is 4.79 Å². The molecule has 1 aliphatic rings. The Morgan fingerprint density at radius 2 is 1.76 bits per heavy atom. The van der Waals surface area contributed by atoms with E-state index in [1.807, 2.05) is 6.92 Å². The van der Waals surface area contributed by atoms with E-state index < -0.39 is 10.0 Å². The van der Waals surface area contributed by atoms with Crippen LogP contribution in [0.15, 0.2) is 47.4 Å². The lowest BCUT2D eigenvalue weighted by Gasteiger charge is -2.31. The summed E-state index contributed by atoms with van der Waals surface area (Å²) in [5, 5.41) is 3.32. The number of halogens is 3. The molecule has 1 N–H and O–H groups in total. The molecule has 1 saturated heterocycles. The zero-order valence-corrected chi connectivity index (χ0v) is 18.1. The number of piperidine rings is 1. The van der Waals surface area contributed by atoms with Crippen LogP contribution in [0.1, 0.15) is 31.4 Å². The quantitative estimate of drug-likeness (QED) is 0.721. The monoisotopic (exact) mass is 458 g/mol. The van der Waals surface area contributed by atoms with Crippen LogP contribution < -0.4 is 5.32 Å². The Balaban J connectivity index is 1.61. The Morgan fingerprint density at radius 1 is 1.14 bits per heavy atom. The van der Waals surface area contributed by atoms with Crippen LogP contribution in [0.5, 0.6) is 0 Å². The molecule has 9 heteroatoms. The second-order valence-corrected chi connectivity index (χ2v) is 9.78. The van der Waals surface area contributed by atoms with Gasteiger partial charge in [0.25, 0.3) is 0 Å². The maximum Gasteiger partial charge on any atom is 0.244 e. The lowest BCUT2D eigenvalue weighted by molar-refractivity contribution is -0.126. The standard InChI is InChI=1S/C20H21Cl2FN2O3S/c1-13(14-2-5-17(23)6-3-14)24-20(26)15-8-10-25(11-9-15)29(27,28)19-12-16(21)4-7-18(19)22/h2-7,12-13,15H,8-11H2,1H3,(H,24,26). The normalized spacial score (nSPS) is 17.1. The summed E-state index contributed by atoms with van der Waals surface area (Å²) >= 11 is 12.0. The molecule has 0 radical (unpaired) electrons. The molecule has 1 fully saturated rings. The Labute approximate surface area is 179 Å². The first-order valence-corrected chi connectivity index (χ1v) is 11.4. The molecule has 1 heterocycles. The lowest BCUT2D eigenvalue weighted by atomic mass is 9.96. The number of hydrogen-bond acceptors (Lipinski definition) is 3. The Bertz CT molecular complexity index is 991. The van der Waals surface area contributed by atoms with Crippen molar-refractivity contribution in [2.45, 2.75) is 30.7 Å². The predicted molar refractivity (Wildman–Crippen MR) is 111 cm³/mol. The van der Waals surface area contributed by atoms with Crippen LogP contribution in [0.25, 0.3) is 0 Å². The minimum Gasteiger partial charge on any atom is -0.349 e. The van der Waals surface area contributed by atoms with Crippen LogP contribution in [0.2, 0.25) is 10.0 Å². The highest BCUT2D eigenvalue weighted by Crippen LogP contribution is 2.30. The Morgan fingerprint density at radius 3 is 2.38 bits per heavy atom. The molecule has 1 atom stereocenters. The molecule has 2 aromatic carbocycles. The number of nitrogens with zero attached hydrogens (tertiary/aromatic N) is 1. The minimum atomic E-state index is -3.78. The third-order valence-electron chi connectivity index (χ3n) is 5.06. The minimum absolute atomic E-state index is 0.0282. The molecule has 3 rings (SSSR count). The fraction of sp³-hybridized carbons (Fsp3) is 0.350. The molecule has 0 saturated carbocycles. The van der Waals surface area contributed by atoms with Gasteiger partial charge in [-0.15, -0.1) is 0 Å². The number of carbonyl (C=O) groups excluding carboxylic acids is 1. The highest BCUT2D eigenvalue weighted by molar-refractivity contribution is 7.89. The van der Waals surface area contributed by atoms with Gasteiger partial charge in [-0.2, -0.15) is 4.31 Å². The zero-order chi connectivity index (χ0) is 21.2. The largest absolute Gasteiger partial charge is 0.349 e. The maximum atomic E-state index is 13.0. The summed E-state index contributed by atoms with van der Waals surface area (Å²) in [5.74, 6) is -0.764. The van der Waals surface area contributed by atoms with Gasteiger partial charge in [-0.25, -0.2) is 12.8 Å². The summed E-state index contributed by atoms with van der Waals surface area (Å²) in [6, 6.07) is 10.0. The topological polar surface area (TPSA) is 66.5 Å². The van der Waals surface area contributed by atoms with Crippen LogP contribution in [-0.2, 0) is 14.8 Å². The molecule has 2 aromatic rings. The van der Waals surface area contributed by atoms with E-state index >= 15 is 0 Å². The number of amides is 1. The van der Waals surface area contributed by atoms with Crippen molar-refractivity contribution in [3.8, 4) is 0 Å². The molecule has 29 heavy (non-hydrogen) atoms. The summed E-state index contributed by atoms with van der Waals surface area (Å²) in [6.45, 7) is 2.26. The lowest BCUT2D eigenvalue weighted by Crippen LogP contribution is -2.43. The highest BCUT2D eigenvalue weighted by atomic mass is 35.5. The number of sulfonamides is 1. The maximum absolute atomic E-state index is 13.0. The number of rotatable bonds is 5. The average Bonchev–Trinajstić information content (AvgIpc) is 2.70. The van der Waals surface area contributed by atoms with Gasteiger partial charge in [0, 0.05) is 24.0 Å². The van der Waals surface area contributed by atoms with Gasteiger partial charge in [-0.1, -0.05) is 35.3 Å². The number of carbonyl (C=O) groups is 1. The van der Waals surface area contributed by atoms with Crippen molar-refractivity contribution < 1.29 is 17.6 Å². The molecule has 0 spiro atoms. The van der Waals surface area contributed by atoms with Crippen molar-refractivity contribution in [2.24, 2.45) is 5.92 Å². The molecule has 156 valence electrons. The molecular weight excluding hydrogens is 438 g/mol. The van der Waals surface area contributed by atoms with Gasteiger partial charge < -0.3 is 5.32 Å². The van der Waals surface area contributed by atoms with Crippen molar-refractivity contribution in [1.82, 2.24) is 9.62 Å². The zero-order valence-electron chi connectivity index (χ0n) is 15.7. The smallest absolute Gasteiger partial charge is 0.244 e. The number of hydrogen-bond donors (Lipinski definition) is 1. The van der Waals surface area contributed by atoms with E-state index in [9.17, 15) is 17.6 Å². The summed E-state index contributed by atoms with van der Waals surface area (Å²) in [4.78, 5) is 12.6. The van der Waals surface area contributed by atoms with Crippen molar-refractivity contribution >= 4 is 39.1 Å². The van der Waals surface area contributed by atoms with Gasteiger partial charge in [0.2, 0.25) is 15.9 Å². The Kier molecular flexibility index (Phi) is 6.83. The molecule has 1 amide bonds. The molecule has 5 nitrogen and oxygen atoms in total. The van der Waals surface area contributed by atoms with Gasteiger partial charge >= 0.3 is 0 Å². The van der Waals surface area contributed by atoms with Crippen LogP contribution in [0.4, 0.5) is 4.39 Å². The van der Waals surface area contributed by atoms with E-state index in [2.05, 4.69) is 5.32 Å². The van der Waals surface area contributed by atoms with Gasteiger partial charge in [0.1, 0.15) is 10.7 Å². The first-order chi connectivity index (χ1) is 13.7. The first-order valence-electron chi connectivity index (χ1n) is 9.19. The first kappa shape index (κ1) is 22.0. The molecule has 0 bridgehead atoms. The van der Waals surface area contributed by atoms with Gasteiger partial charge in [-0.05, 0) is 55.7 Å². The van der Waals surface area contributed by atoms with E-state index in [4.69, 9.17) is 23.2 Å². The van der Waals surface area contributed by atoms with Crippen molar-refractivity contribution in [2.75, 3.05) is 13.1 Å². The summed E-state index contributed by atoms with van der Waals surface area (Å²) in [6.07, 6.45) is 0.804. The third kappa shape index (κ3) is 5.09. The second kappa shape index (κ2) is 9.00. The van der Waals surface area contributed by atoms with E-state index in [1.165, 1.54) is 34.6 Å². The second-order valence-electron chi connectivity index (χ2n) is 7.03. The highest BCUT2D eigenvalue weighted by Gasteiger charge is 2.33. The molecule has 0 aliphatic carbocycles. The molecule has 0 aromatic heterocycles. The van der Waals surface area contributed by atoms with E-state index in [1.54, 1.807) is 12.1 Å². The van der Waals surface area contributed by atoms with Crippen LogP contribution >= 0.6 is 23.2 Å². The van der Waals surface area contributed by atoms with E-state index in [-0.39, 0.29) is 51.7 Å². The fourth-order valence-corrected chi connectivity index (χ4v) is 5.55. The van der Waals surface area contributed by atoms with Crippen LogP contribution in [-0.4, -0.2) is 31.7 Å². The summed E-state index contributed by atoms with van der Waals surface area (Å²) < 4.78 is 40.1. The number of benzene rings is 2. The van der Waals surface area contributed by atoms with Crippen molar-refractivity contribution in [1.29, 1.82) is 0 Å². The fourth-order valence-electron chi connectivity index (χ4n) is 3.34. The number of nitrogens with one attached hydrogen (secondary N) is 1. The summed E-state index contributed by atoms with van der Waals surface area (Å²) in [5.41, 5.74) is 0.801. The molecular formula is C20H21Cl2FN2O3S. The predicted octanol–water partition coefficient (Wildman–Crippen LogP) is 4.41. The van der Waals surface area contributed by atoms with Crippen molar-refractivity contribution in [3.05, 3.63) is 63.9 Å². The third-order valence-corrected chi connectivity index (χ3v) is 7.68. The molecule has 1 unspecified atom stereocenters. The van der Waals surface area contributed by atoms with Gasteiger partial charge in [0.05, 0.1) is 11.1 Å². The summed E-state index contributed by atoms with van der Waals surface area (Å²) in [7, 11) is -3.78. The van der Waals surface area contributed by atoms with Crippen molar-refractivity contribution in [3.63, 3.8) is 0 Å². The Hall–Kier alpha value is -1.67. The van der Waals surface area contributed by atoms with Crippen LogP contribution in [0, 0.1) is 11.7 Å². The SMILES string of the molecule is CC(NC(=O)C1CCN(S(=O)(=O)c2cc(Cl)ccc2Cl)CC1)c1ccc(F)cc1. The average molecular weight is 459 g/mol.